The van der Waals surface area contributed by atoms with Gasteiger partial charge in [-0.1, -0.05) is 13.3 Å². The summed E-state index contributed by atoms with van der Waals surface area (Å²) in [5, 5.41) is 3.63. The monoisotopic (exact) mass is 197 g/mol. The van der Waals surface area contributed by atoms with E-state index in [0.29, 0.717) is 6.10 Å². The lowest BCUT2D eigenvalue weighted by Gasteiger charge is -2.35. The van der Waals surface area contributed by atoms with Crippen LogP contribution in [0, 0.1) is 5.92 Å². The van der Waals surface area contributed by atoms with Crippen molar-refractivity contribution in [2.24, 2.45) is 5.92 Å². The fourth-order valence-electron chi connectivity index (χ4n) is 2.66. The molecule has 1 aliphatic heterocycles. The Bertz CT molecular complexity index is 162. The quantitative estimate of drug-likeness (QED) is 0.730. The van der Waals surface area contributed by atoms with Gasteiger partial charge in [0.05, 0.1) is 6.10 Å². The normalized spacial score (nSPS) is 30.2. The topological polar surface area (TPSA) is 21.3 Å². The van der Waals surface area contributed by atoms with Crippen molar-refractivity contribution in [2.75, 3.05) is 13.2 Å². The maximum absolute atomic E-state index is 5.71. The van der Waals surface area contributed by atoms with Crippen molar-refractivity contribution in [1.29, 1.82) is 0 Å². The molecule has 0 spiro atoms. The maximum Gasteiger partial charge on any atom is 0.0590 e. The van der Waals surface area contributed by atoms with Gasteiger partial charge < -0.3 is 10.1 Å². The first-order valence-electron chi connectivity index (χ1n) is 6.25. The van der Waals surface area contributed by atoms with Gasteiger partial charge in [-0.3, -0.25) is 0 Å². The van der Waals surface area contributed by atoms with Crippen LogP contribution in [0.2, 0.25) is 0 Å². The van der Waals surface area contributed by atoms with Gasteiger partial charge in [-0.25, -0.2) is 0 Å². The Labute approximate surface area is 87.4 Å². The zero-order chi connectivity index (χ0) is 9.80. The lowest BCUT2D eigenvalue weighted by Crippen LogP contribution is -2.41. The Hall–Kier alpha value is -0.0800. The molecule has 0 amide bonds. The molecule has 0 aromatic rings. The van der Waals surface area contributed by atoms with Crippen molar-refractivity contribution in [3.63, 3.8) is 0 Å². The largest absolute Gasteiger partial charge is 0.378 e. The van der Waals surface area contributed by atoms with Gasteiger partial charge in [0.15, 0.2) is 0 Å². The summed E-state index contributed by atoms with van der Waals surface area (Å²) in [6, 6.07) is 0.733. The molecule has 2 nitrogen and oxygen atoms in total. The third-order valence-corrected chi connectivity index (χ3v) is 3.73. The van der Waals surface area contributed by atoms with Crippen molar-refractivity contribution >= 4 is 0 Å². The Kier molecular flexibility index (Phi) is 3.82. The third kappa shape index (κ3) is 2.48. The molecule has 14 heavy (non-hydrogen) atoms. The highest BCUT2D eigenvalue weighted by Gasteiger charge is 2.29. The van der Waals surface area contributed by atoms with Crippen LogP contribution in [0.1, 0.15) is 45.4 Å². The minimum atomic E-state index is 0.555. The Morgan fingerprint density at radius 2 is 2.14 bits per heavy atom. The van der Waals surface area contributed by atoms with E-state index in [0.717, 1.165) is 25.1 Å². The van der Waals surface area contributed by atoms with Crippen LogP contribution in [-0.2, 0) is 4.74 Å². The number of ether oxygens (including phenoxy) is 1. The first kappa shape index (κ1) is 10.4. The van der Waals surface area contributed by atoms with Gasteiger partial charge in [-0.2, -0.15) is 0 Å². The highest BCUT2D eigenvalue weighted by Crippen LogP contribution is 2.32. The summed E-state index contributed by atoms with van der Waals surface area (Å²) in [6.45, 7) is 4.31. The average molecular weight is 197 g/mol. The molecule has 2 unspecified atom stereocenters. The van der Waals surface area contributed by atoms with Crippen LogP contribution in [0.15, 0.2) is 0 Å². The molecule has 0 aromatic heterocycles. The van der Waals surface area contributed by atoms with Crippen molar-refractivity contribution in [1.82, 2.24) is 5.32 Å². The van der Waals surface area contributed by atoms with Crippen LogP contribution in [0.4, 0.5) is 0 Å². The average Bonchev–Trinajstić information content (AvgIpc) is 2.54. The van der Waals surface area contributed by atoms with E-state index in [-0.39, 0.29) is 0 Å². The maximum atomic E-state index is 5.71. The van der Waals surface area contributed by atoms with E-state index in [1.165, 1.54) is 38.5 Å². The van der Waals surface area contributed by atoms with Crippen LogP contribution in [0.3, 0.4) is 0 Å². The lowest BCUT2D eigenvalue weighted by atomic mass is 9.77. The molecule has 1 saturated carbocycles. The molecule has 1 saturated heterocycles. The molecule has 1 aliphatic carbocycles. The fraction of sp³-hybridized carbons (Fsp3) is 1.00. The van der Waals surface area contributed by atoms with Crippen LogP contribution in [0.5, 0.6) is 0 Å². The zero-order valence-corrected chi connectivity index (χ0v) is 9.30. The smallest absolute Gasteiger partial charge is 0.0590 e. The second-order valence-electron chi connectivity index (χ2n) is 4.73. The molecule has 1 heterocycles. The molecule has 0 bridgehead atoms. The summed E-state index contributed by atoms with van der Waals surface area (Å²) in [5.74, 6) is 0.944. The first-order chi connectivity index (χ1) is 6.90. The lowest BCUT2D eigenvalue weighted by molar-refractivity contribution is 0.0779. The number of hydrogen-bond donors (Lipinski definition) is 1. The van der Waals surface area contributed by atoms with Crippen molar-refractivity contribution < 1.29 is 4.74 Å². The number of hydrogen-bond acceptors (Lipinski definition) is 2. The van der Waals surface area contributed by atoms with E-state index in [9.17, 15) is 0 Å². The van der Waals surface area contributed by atoms with E-state index in [1.807, 2.05) is 0 Å². The van der Waals surface area contributed by atoms with Gasteiger partial charge in [-0.15, -0.1) is 0 Å². The minimum absolute atomic E-state index is 0.555. The van der Waals surface area contributed by atoms with Gasteiger partial charge in [0.2, 0.25) is 0 Å². The van der Waals surface area contributed by atoms with Gasteiger partial charge in [0.25, 0.3) is 0 Å². The SMILES string of the molecule is CCNC(CC1CCCO1)C1CCC1. The molecule has 0 aromatic carbocycles. The van der Waals surface area contributed by atoms with Crippen LogP contribution < -0.4 is 5.32 Å². The van der Waals surface area contributed by atoms with Crippen molar-refractivity contribution in [3.05, 3.63) is 0 Å². The molecule has 2 atom stereocenters. The summed E-state index contributed by atoms with van der Waals surface area (Å²) < 4.78 is 5.71. The highest BCUT2D eigenvalue weighted by atomic mass is 16.5. The predicted octanol–water partition coefficient (Wildman–Crippen LogP) is 2.33. The Morgan fingerprint density at radius 1 is 1.29 bits per heavy atom. The van der Waals surface area contributed by atoms with Crippen molar-refractivity contribution in [2.45, 2.75) is 57.6 Å². The molecule has 2 heteroatoms. The fourth-order valence-corrected chi connectivity index (χ4v) is 2.66. The minimum Gasteiger partial charge on any atom is -0.378 e. The summed E-state index contributed by atoms with van der Waals surface area (Å²) in [6.07, 6.45) is 8.67. The van der Waals surface area contributed by atoms with E-state index in [4.69, 9.17) is 4.74 Å². The standard InChI is InChI=1S/C12H23NO/c1-2-13-12(10-5-3-6-10)9-11-7-4-8-14-11/h10-13H,2-9H2,1H3. The summed E-state index contributed by atoms with van der Waals surface area (Å²) in [4.78, 5) is 0. The van der Waals surface area contributed by atoms with Gasteiger partial charge in [-0.05, 0) is 44.6 Å². The Balaban J connectivity index is 1.76. The van der Waals surface area contributed by atoms with Gasteiger partial charge in [0, 0.05) is 12.6 Å². The summed E-state index contributed by atoms with van der Waals surface area (Å²) in [5.41, 5.74) is 0. The Morgan fingerprint density at radius 3 is 2.64 bits per heavy atom. The molecular weight excluding hydrogens is 174 g/mol. The van der Waals surface area contributed by atoms with E-state index in [1.54, 1.807) is 0 Å². The van der Waals surface area contributed by atoms with E-state index in [2.05, 4.69) is 12.2 Å². The molecular formula is C12H23NO. The van der Waals surface area contributed by atoms with Crippen LogP contribution in [-0.4, -0.2) is 25.3 Å². The number of nitrogens with one attached hydrogen (secondary N) is 1. The second kappa shape index (κ2) is 5.13. The van der Waals surface area contributed by atoms with Crippen molar-refractivity contribution in [3.8, 4) is 0 Å². The molecule has 1 N–H and O–H groups in total. The summed E-state index contributed by atoms with van der Waals surface area (Å²) >= 11 is 0. The summed E-state index contributed by atoms with van der Waals surface area (Å²) in [7, 11) is 0. The molecule has 2 fully saturated rings. The molecule has 0 radical (unpaired) electrons. The molecule has 82 valence electrons. The predicted molar refractivity (Wildman–Crippen MR) is 58.4 cm³/mol. The van der Waals surface area contributed by atoms with Gasteiger partial charge >= 0.3 is 0 Å². The van der Waals surface area contributed by atoms with Crippen LogP contribution >= 0.6 is 0 Å². The highest BCUT2D eigenvalue weighted by molar-refractivity contribution is 4.85. The van der Waals surface area contributed by atoms with E-state index >= 15 is 0 Å². The number of rotatable bonds is 5. The van der Waals surface area contributed by atoms with Crippen LogP contribution in [0.25, 0.3) is 0 Å². The zero-order valence-electron chi connectivity index (χ0n) is 9.30. The second-order valence-corrected chi connectivity index (χ2v) is 4.73. The van der Waals surface area contributed by atoms with Gasteiger partial charge in [0.1, 0.15) is 0 Å². The first-order valence-corrected chi connectivity index (χ1v) is 6.25. The third-order valence-electron chi connectivity index (χ3n) is 3.73. The molecule has 2 rings (SSSR count). The molecule has 2 aliphatic rings. The van der Waals surface area contributed by atoms with E-state index < -0.39 is 0 Å².